The van der Waals surface area contributed by atoms with Crippen LogP contribution in [-0.4, -0.2) is 25.9 Å². The number of H-pyrrole nitrogens is 1. The minimum Gasteiger partial charge on any atom is -0.348 e. The normalized spacial score (nSPS) is 10.9. The van der Waals surface area contributed by atoms with E-state index < -0.39 is 0 Å². The first-order chi connectivity index (χ1) is 13.2. The molecule has 2 heterocycles. The molecule has 0 unspecified atom stereocenters. The zero-order chi connectivity index (χ0) is 20.6. The number of rotatable bonds is 4. The van der Waals surface area contributed by atoms with E-state index >= 15 is 0 Å². The van der Waals surface area contributed by atoms with Gasteiger partial charge < -0.3 is 5.32 Å². The van der Waals surface area contributed by atoms with Gasteiger partial charge in [0.2, 0.25) is 0 Å². The Morgan fingerprint density at radius 1 is 1.00 bits per heavy atom. The molecule has 0 aliphatic heterocycles. The predicted octanol–water partition coefficient (Wildman–Crippen LogP) is 2.74. The van der Waals surface area contributed by atoms with E-state index in [0.29, 0.717) is 23.6 Å². The topological polar surface area (TPSA) is 92.7 Å². The maximum atomic E-state index is 12.8. The van der Waals surface area contributed by atoms with Crippen LogP contribution in [0.3, 0.4) is 0 Å². The van der Waals surface area contributed by atoms with Crippen LogP contribution < -0.4 is 10.9 Å². The summed E-state index contributed by atoms with van der Waals surface area (Å²) in [4.78, 5) is 23.9. The number of nitrogens with zero attached hydrogens (tertiary/aromatic N) is 3. The molecule has 0 saturated carbocycles. The highest BCUT2D eigenvalue weighted by molar-refractivity contribution is 5.95. The van der Waals surface area contributed by atoms with Gasteiger partial charge in [-0.05, 0) is 81.0 Å². The molecule has 1 amide bonds. The molecule has 0 radical (unpaired) electrons. The Labute approximate surface area is 163 Å². The number of aromatic amines is 1. The van der Waals surface area contributed by atoms with Gasteiger partial charge >= 0.3 is 0 Å². The molecular weight excluding hydrogens is 354 g/mol. The third-order valence-corrected chi connectivity index (χ3v) is 5.72. The molecule has 3 aromatic rings. The molecule has 0 aliphatic carbocycles. The summed E-state index contributed by atoms with van der Waals surface area (Å²) >= 11 is 0. The summed E-state index contributed by atoms with van der Waals surface area (Å²) in [5.74, 6) is 0.260. The SMILES string of the molecule is Cc1c(C)c(C)c(CNC(=O)c2cnn(-c3ccc(=O)[nH]n3)c2C)c(C)c1C. The molecule has 0 aliphatic rings. The molecule has 0 bridgehead atoms. The van der Waals surface area contributed by atoms with Crippen molar-refractivity contribution in [3.8, 4) is 5.82 Å². The van der Waals surface area contributed by atoms with E-state index in [9.17, 15) is 9.59 Å². The van der Waals surface area contributed by atoms with E-state index in [2.05, 4.69) is 55.2 Å². The predicted molar refractivity (Wildman–Crippen MR) is 108 cm³/mol. The van der Waals surface area contributed by atoms with Crippen molar-refractivity contribution in [2.45, 2.75) is 48.1 Å². The van der Waals surface area contributed by atoms with Crippen molar-refractivity contribution in [3.05, 3.63) is 73.3 Å². The van der Waals surface area contributed by atoms with Crippen LogP contribution in [0.2, 0.25) is 0 Å². The van der Waals surface area contributed by atoms with Crippen molar-refractivity contribution < 1.29 is 4.79 Å². The molecule has 0 fully saturated rings. The second kappa shape index (κ2) is 7.42. The van der Waals surface area contributed by atoms with Crippen LogP contribution in [0, 0.1) is 41.5 Å². The summed E-state index contributed by atoms with van der Waals surface area (Å²) in [6.45, 7) is 12.8. The monoisotopic (exact) mass is 379 g/mol. The van der Waals surface area contributed by atoms with Crippen LogP contribution in [0.5, 0.6) is 0 Å². The lowest BCUT2D eigenvalue weighted by molar-refractivity contribution is 0.0950. The first-order valence-corrected chi connectivity index (χ1v) is 9.17. The largest absolute Gasteiger partial charge is 0.348 e. The molecule has 7 heteroatoms. The van der Waals surface area contributed by atoms with Gasteiger partial charge in [0.1, 0.15) is 0 Å². The molecule has 1 aromatic carbocycles. The van der Waals surface area contributed by atoms with E-state index in [0.717, 1.165) is 5.56 Å². The number of hydrogen-bond acceptors (Lipinski definition) is 4. The number of amides is 1. The van der Waals surface area contributed by atoms with Gasteiger partial charge in [-0.2, -0.15) is 10.2 Å². The Balaban J connectivity index is 1.84. The third kappa shape index (κ3) is 3.35. The fraction of sp³-hybridized carbons (Fsp3) is 0.333. The van der Waals surface area contributed by atoms with E-state index in [4.69, 9.17) is 0 Å². The summed E-state index contributed by atoms with van der Waals surface area (Å²) in [6, 6.07) is 2.93. The Morgan fingerprint density at radius 2 is 1.61 bits per heavy atom. The molecule has 7 nitrogen and oxygen atoms in total. The maximum absolute atomic E-state index is 12.8. The van der Waals surface area contributed by atoms with Gasteiger partial charge in [-0.15, -0.1) is 0 Å². The van der Waals surface area contributed by atoms with Crippen LogP contribution in [0.4, 0.5) is 0 Å². The van der Waals surface area contributed by atoms with E-state index in [-0.39, 0.29) is 11.5 Å². The second-order valence-corrected chi connectivity index (χ2v) is 7.12. The number of carbonyl (C=O) groups excluding carboxylic acids is 1. The van der Waals surface area contributed by atoms with Gasteiger partial charge in [0, 0.05) is 12.6 Å². The smallest absolute Gasteiger partial charge is 0.264 e. The minimum atomic E-state index is -0.291. The highest BCUT2D eigenvalue weighted by atomic mass is 16.1. The van der Waals surface area contributed by atoms with Crippen LogP contribution in [-0.2, 0) is 6.54 Å². The van der Waals surface area contributed by atoms with Crippen LogP contribution >= 0.6 is 0 Å². The number of carbonyl (C=O) groups is 1. The molecule has 146 valence electrons. The minimum absolute atomic E-state index is 0.192. The lowest BCUT2D eigenvalue weighted by atomic mass is 9.89. The quantitative estimate of drug-likeness (QED) is 0.729. The van der Waals surface area contributed by atoms with E-state index in [1.807, 2.05) is 0 Å². The van der Waals surface area contributed by atoms with Gasteiger partial charge in [-0.25, -0.2) is 9.78 Å². The summed E-state index contributed by atoms with van der Waals surface area (Å²) in [7, 11) is 0. The molecule has 3 rings (SSSR count). The van der Waals surface area contributed by atoms with Crippen molar-refractivity contribution >= 4 is 5.91 Å². The van der Waals surface area contributed by atoms with E-state index in [1.165, 1.54) is 44.8 Å². The molecule has 2 aromatic heterocycles. The Morgan fingerprint density at radius 3 is 2.18 bits per heavy atom. The number of hydrogen-bond donors (Lipinski definition) is 2. The van der Waals surface area contributed by atoms with Crippen molar-refractivity contribution in [2.75, 3.05) is 0 Å². The summed E-state index contributed by atoms with van der Waals surface area (Å²) < 4.78 is 1.53. The molecule has 0 atom stereocenters. The fourth-order valence-corrected chi connectivity index (χ4v) is 3.43. The Kier molecular flexibility index (Phi) is 5.18. The van der Waals surface area contributed by atoms with Gasteiger partial charge in [0.15, 0.2) is 5.82 Å². The zero-order valence-electron chi connectivity index (χ0n) is 17.1. The first kappa shape index (κ1) is 19.5. The zero-order valence-corrected chi connectivity index (χ0v) is 17.1. The lowest BCUT2D eigenvalue weighted by Crippen LogP contribution is -2.25. The summed E-state index contributed by atoms with van der Waals surface area (Å²) in [6.07, 6.45) is 1.52. The molecule has 28 heavy (non-hydrogen) atoms. The number of nitrogens with one attached hydrogen (secondary N) is 2. The standard InChI is InChI=1S/C21H25N5O2/c1-11-12(2)14(4)17(15(5)13(11)3)9-22-21(28)18-10-23-26(16(18)6)19-7-8-20(27)25-24-19/h7-8,10H,9H2,1-6H3,(H,22,28)(H,25,27). The average molecular weight is 379 g/mol. The highest BCUT2D eigenvalue weighted by Crippen LogP contribution is 2.26. The van der Waals surface area contributed by atoms with Crippen molar-refractivity contribution in [2.24, 2.45) is 0 Å². The van der Waals surface area contributed by atoms with Gasteiger partial charge in [0.25, 0.3) is 11.5 Å². The van der Waals surface area contributed by atoms with Gasteiger partial charge in [-0.3, -0.25) is 9.59 Å². The number of aromatic nitrogens is 4. The second-order valence-electron chi connectivity index (χ2n) is 7.12. The Hall–Kier alpha value is -3.22. The average Bonchev–Trinajstić information content (AvgIpc) is 3.06. The lowest BCUT2D eigenvalue weighted by Gasteiger charge is -2.19. The molecule has 2 N–H and O–H groups in total. The van der Waals surface area contributed by atoms with Crippen LogP contribution in [0.15, 0.2) is 23.1 Å². The fourth-order valence-electron chi connectivity index (χ4n) is 3.43. The summed E-state index contributed by atoms with van der Waals surface area (Å²) in [5, 5.41) is 13.6. The number of benzene rings is 1. The van der Waals surface area contributed by atoms with Crippen molar-refractivity contribution in [1.82, 2.24) is 25.3 Å². The summed E-state index contributed by atoms with van der Waals surface area (Å²) in [5.41, 5.74) is 8.25. The van der Waals surface area contributed by atoms with E-state index in [1.54, 1.807) is 13.0 Å². The van der Waals surface area contributed by atoms with Crippen LogP contribution in [0.1, 0.15) is 49.4 Å². The van der Waals surface area contributed by atoms with Gasteiger partial charge in [-0.1, -0.05) is 0 Å². The highest BCUT2D eigenvalue weighted by Gasteiger charge is 2.17. The van der Waals surface area contributed by atoms with Crippen LogP contribution in [0.25, 0.3) is 5.82 Å². The molecule has 0 saturated heterocycles. The Bertz CT molecular complexity index is 1080. The maximum Gasteiger partial charge on any atom is 0.264 e. The molecular formula is C21H25N5O2. The first-order valence-electron chi connectivity index (χ1n) is 9.17. The van der Waals surface area contributed by atoms with Gasteiger partial charge in [0.05, 0.1) is 17.5 Å². The van der Waals surface area contributed by atoms with Crippen molar-refractivity contribution in [1.29, 1.82) is 0 Å². The molecule has 0 spiro atoms. The van der Waals surface area contributed by atoms with Crippen molar-refractivity contribution in [3.63, 3.8) is 0 Å². The third-order valence-electron chi connectivity index (χ3n) is 5.72.